The number of nitriles is 1. The Balaban J connectivity index is 1.79. The predicted octanol–water partition coefficient (Wildman–Crippen LogP) is 6.69. The van der Waals surface area contributed by atoms with Crippen LogP contribution in [0, 0.1) is 23.0 Å². The normalized spacial score (nSPS) is 10.6. The summed E-state index contributed by atoms with van der Waals surface area (Å²) in [4.78, 5) is 13.8. The molecule has 0 aliphatic heterocycles. The SMILES string of the molecule is N#Cc1ccc(F)c(-c2cccc(F)c2-c2nc(-c3ccccc3)nc(-c3ccccc3)n2)c1. The van der Waals surface area contributed by atoms with Gasteiger partial charge in [0.2, 0.25) is 0 Å². The van der Waals surface area contributed by atoms with Crippen LogP contribution in [0.2, 0.25) is 0 Å². The number of hydrogen-bond donors (Lipinski definition) is 0. The Hall–Kier alpha value is -4.76. The molecule has 0 saturated carbocycles. The van der Waals surface area contributed by atoms with Gasteiger partial charge >= 0.3 is 0 Å². The van der Waals surface area contributed by atoms with E-state index in [-0.39, 0.29) is 28.1 Å². The van der Waals surface area contributed by atoms with Crippen LogP contribution in [0.5, 0.6) is 0 Å². The predicted molar refractivity (Wildman–Crippen MR) is 126 cm³/mol. The van der Waals surface area contributed by atoms with Gasteiger partial charge in [-0.05, 0) is 29.8 Å². The smallest absolute Gasteiger partial charge is 0.167 e. The van der Waals surface area contributed by atoms with Gasteiger partial charge in [-0.3, -0.25) is 0 Å². The van der Waals surface area contributed by atoms with Crippen LogP contribution in [-0.2, 0) is 0 Å². The minimum Gasteiger partial charge on any atom is -0.208 e. The van der Waals surface area contributed by atoms with E-state index in [4.69, 9.17) is 0 Å². The van der Waals surface area contributed by atoms with Crippen molar-refractivity contribution in [3.63, 3.8) is 0 Å². The number of benzene rings is 4. The molecule has 0 atom stereocenters. The van der Waals surface area contributed by atoms with E-state index in [1.807, 2.05) is 66.7 Å². The molecule has 0 aliphatic carbocycles. The molecule has 34 heavy (non-hydrogen) atoms. The lowest BCUT2D eigenvalue weighted by Crippen LogP contribution is -2.03. The Labute approximate surface area is 194 Å². The summed E-state index contributed by atoms with van der Waals surface area (Å²) in [6.45, 7) is 0. The lowest BCUT2D eigenvalue weighted by atomic mass is 9.96. The van der Waals surface area contributed by atoms with Crippen LogP contribution in [0.3, 0.4) is 0 Å². The molecule has 0 fully saturated rings. The quantitative estimate of drug-likeness (QED) is 0.309. The molecule has 6 heteroatoms. The van der Waals surface area contributed by atoms with Crippen molar-refractivity contribution in [2.45, 2.75) is 0 Å². The van der Waals surface area contributed by atoms with E-state index in [1.165, 1.54) is 30.3 Å². The third-order valence-electron chi connectivity index (χ3n) is 5.32. The Morgan fingerprint density at radius 2 is 1.15 bits per heavy atom. The summed E-state index contributed by atoms with van der Waals surface area (Å²) in [5, 5.41) is 9.29. The molecule has 0 spiro atoms. The number of halogens is 2. The van der Waals surface area contributed by atoms with Crippen molar-refractivity contribution < 1.29 is 8.78 Å². The van der Waals surface area contributed by atoms with Gasteiger partial charge in [0.1, 0.15) is 11.6 Å². The Kier molecular flexibility index (Phi) is 5.59. The van der Waals surface area contributed by atoms with Gasteiger partial charge in [0.05, 0.1) is 17.2 Å². The van der Waals surface area contributed by atoms with Crippen molar-refractivity contribution in [1.29, 1.82) is 5.26 Å². The standard InChI is InChI=1S/C28H16F2N4/c29-23-15-14-18(17-31)16-22(23)21-12-7-13-24(30)25(21)28-33-26(19-8-3-1-4-9-19)32-27(34-28)20-10-5-2-6-11-20/h1-16H. The van der Waals surface area contributed by atoms with Crippen LogP contribution in [0.25, 0.3) is 45.3 Å². The minimum atomic E-state index is -0.608. The first-order valence-electron chi connectivity index (χ1n) is 10.5. The first-order chi connectivity index (χ1) is 16.6. The fraction of sp³-hybridized carbons (Fsp3) is 0. The van der Waals surface area contributed by atoms with Gasteiger partial charge in [-0.15, -0.1) is 0 Å². The second-order valence-electron chi connectivity index (χ2n) is 7.51. The summed E-state index contributed by atoms with van der Waals surface area (Å²) in [5.74, 6) is -0.382. The van der Waals surface area contributed by atoms with Crippen LogP contribution in [-0.4, -0.2) is 15.0 Å². The summed E-state index contributed by atoms with van der Waals surface area (Å²) in [5.41, 5.74) is 2.11. The number of nitrogens with zero attached hydrogens (tertiary/aromatic N) is 4. The van der Waals surface area contributed by atoms with Crippen LogP contribution < -0.4 is 0 Å². The van der Waals surface area contributed by atoms with Crippen LogP contribution in [0.15, 0.2) is 97.1 Å². The maximum atomic E-state index is 15.3. The van der Waals surface area contributed by atoms with Crippen LogP contribution in [0.4, 0.5) is 8.78 Å². The van der Waals surface area contributed by atoms with E-state index in [1.54, 1.807) is 6.07 Å². The summed E-state index contributed by atoms with van der Waals surface area (Å²) in [6, 6.07) is 28.9. The van der Waals surface area contributed by atoms with Gasteiger partial charge in [0.25, 0.3) is 0 Å². The topological polar surface area (TPSA) is 62.5 Å². The molecule has 0 N–H and O–H groups in total. The van der Waals surface area contributed by atoms with Gasteiger partial charge < -0.3 is 0 Å². The zero-order chi connectivity index (χ0) is 23.5. The summed E-state index contributed by atoms with van der Waals surface area (Å²) in [7, 11) is 0. The highest BCUT2D eigenvalue weighted by atomic mass is 19.1. The lowest BCUT2D eigenvalue weighted by Gasteiger charge is -2.13. The van der Waals surface area contributed by atoms with Crippen molar-refractivity contribution >= 4 is 0 Å². The summed E-state index contributed by atoms with van der Waals surface area (Å²) < 4.78 is 30.1. The molecule has 0 bridgehead atoms. The first-order valence-corrected chi connectivity index (χ1v) is 10.5. The Morgan fingerprint density at radius 3 is 1.74 bits per heavy atom. The fourth-order valence-corrected chi connectivity index (χ4v) is 3.70. The lowest BCUT2D eigenvalue weighted by molar-refractivity contribution is 0.626. The second-order valence-corrected chi connectivity index (χ2v) is 7.51. The van der Waals surface area contributed by atoms with Crippen LogP contribution >= 0.6 is 0 Å². The summed E-state index contributed by atoms with van der Waals surface area (Å²) >= 11 is 0. The summed E-state index contributed by atoms with van der Waals surface area (Å²) in [6.07, 6.45) is 0. The highest BCUT2D eigenvalue weighted by Gasteiger charge is 2.20. The largest absolute Gasteiger partial charge is 0.208 e. The molecule has 1 heterocycles. The van der Waals surface area contributed by atoms with Gasteiger partial charge in [-0.2, -0.15) is 5.26 Å². The monoisotopic (exact) mass is 446 g/mol. The average Bonchev–Trinajstić information content (AvgIpc) is 2.89. The van der Waals surface area contributed by atoms with Crippen molar-refractivity contribution in [2.75, 3.05) is 0 Å². The molecule has 0 saturated heterocycles. The molecular weight excluding hydrogens is 430 g/mol. The van der Waals surface area contributed by atoms with E-state index in [9.17, 15) is 9.65 Å². The Morgan fingerprint density at radius 1 is 0.559 bits per heavy atom. The van der Waals surface area contributed by atoms with Gasteiger partial charge in [-0.25, -0.2) is 23.7 Å². The van der Waals surface area contributed by atoms with E-state index in [2.05, 4.69) is 15.0 Å². The zero-order valence-electron chi connectivity index (χ0n) is 17.8. The number of hydrogen-bond acceptors (Lipinski definition) is 4. The van der Waals surface area contributed by atoms with E-state index in [0.717, 1.165) is 11.1 Å². The molecule has 5 rings (SSSR count). The third kappa shape index (κ3) is 4.03. The van der Waals surface area contributed by atoms with Crippen molar-refractivity contribution in [3.05, 3.63) is 114 Å². The van der Waals surface area contributed by atoms with E-state index in [0.29, 0.717) is 11.6 Å². The van der Waals surface area contributed by atoms with Crippen molar-refractivity contribution in [1.82, 2.24) is 15.0 Å². The molecule has 0 radical (unpaired) electrons. The minimum absolute atomic E-state index is 0.0354. The van der Waals surface area contributed by atoms with Crippen molar-refractivity contribution in [3.8, 4) is 51.4 Å². The maximum absolute atomic E-state index is 15.3. The third-order valence-corrected chi connectivity index (χ3v) is 5.32. The molecule has 0 aliphatic rings. The Bertz CT molecular complexity index is 1470. The van der Waals surface area contributed by atoms with Gasteiger partial charge in [0, 0.05) is 16.7 Å². The first kappa shape index (κ1) is 21.1. The molecule has 1 aromatic heterocycles. The number of rotatable bonds is 4. The zero-order valence-corrected chi connectivity index (χ0v) is 17.8. The average molecular weight is 446 g/mol. The molecular formula is C28H16F2N4. The van der Waals surface area contributed by atoms with E-state index >= 15 is 4.39 Å². The van der Waals surface area contributed by atoms with Gasteiger partial charge in [-0.1, -0.05) is 72.8 Å². The van der Waals surface area contributed by atoms with E-state index < -0.39 is 11.6 Å². The molecule has 4 nitrogen and oxygen atoms in total. The number of aromatic nitrogens is 3. The molecule has 5 aromatic rings. The van der Waals surface area contributed by atoms with Crippen molar-refractivity contribution in [2.24, 2.45) is 0 Å². The molecule has 0 unspecified atom stereocenters. The molecule has 162 valence electrons. The fourth-order valence-electron chi connectivity index (χ4n) is 3.70. The van der Waals surface area contributed by atoms with Gasteiger partial charge in [0.15, 0.2) is 17.5 Å². The highest BCUT2D eigenvalue weighted by Crippen LogP contribution is 2.36. The highest BCUT2D eigenvalue weighted by molar-refractivity contribution is 5.83. The molecule has 4 aromatic carbocycles. The molecule has 0 amide bonds. The van der Waals surface area contributed by atoms with Crippen LogP contribution in [0.1, 0.15) is 5.56 Å². The maximum Gasteiger partial charge on any atom is 0.167 e. The second kappa shape index (κ2) is 9.00.